The first kappa shape index (κ1) is 22.9. The molecule has 1 N–H and O–H groups in total. The maximum atomic E-state index is 15.0. The van der Waals surface area contributed by atoms with Crippen LogP contribution in [0.2, 0.25) is 0 Å². The molecule has 0 fully saturated rings. The second kappa shape index (κ2) is 11.0. The van der Waals surface area contributed by atoms with Crippen LogP contribution in [0.3, 0.4) is 0 Å². The highest BCUT2D eigenvalue weighted by atomic mass is 31.1. The van der Waals surface area contributed by atoms with E-state index >= 15 is 0 Å². The number of amides is 2. The molecule has 0 spiro atoms. The van der Waals surface area contributed by atoms with Gasteiger partial charge < -0.3 is 14.7 Å². The van der Waals surface area contributed by atoms with Gasteiger partial charge in [-0.25, -0.2) is 8.78 Å². The van der Waals surface area contributed by atoms with Crippen LogP contribution in [0.15, 0.2) is 36.4 Å². The van der Waals surface area contributed by atoms with Gasteiger partial charge in [0.25, 0.3) is 0 Å². The van der Waals surface area contributed by atoms with Crippen LogP contribution >= 0.6 is 8.15 Å². The van der Waals surface area contributed by atoms with Crippen molar-refractivity contribution in [3.63, 3.8) is 0 Å². The molecule has 156 valence electrons. The summed E-state index contributed by atoms with van der Waals surface area (Å²) in [7, 11) is -0.973. The van der Waals surface area contributed by atoms with Gasteiger partial charge in [0, 0.05) is 30.1 Å². The average Bonchev–Trinajstić information content (AvgIpc) is 2.72. The quantitative estimate of drug-likeness (QED) is 0.443. The summed E-state index contributed by atoms with van der Waals surface area (Å²) < 4.78 is 35.5. The highest BCUT2D eigenvalue weighted by molar-refractivity contribution is 7.60. The molecule has 2 amide bonds. The predicted molar refractivity (Wildman–Crippen MR) is 113 cm³/mol. The molecule has 0 saturated carbocycles. The minimum atomic E-state index is -1.09. The average molecular weight is 422 g/mol. The van der Waals surface area contributed by atoms with E-state index in [-0.39, 0.29) is 23.8 Å². The van der Waals surface area contributed by atoms with E-state index in [1.807, 2.05) is 25.7 Å². The van der Waals surface area contributed by atoms with Gasteiger partial charge in [-0.15, -0.1) is 0 Å². The summed E-state index contributed by atoms with van der Waals surface area (Å²) in [6.45, 7) is 6.23. The Morgan fingerprint density at radius 1 is 1.14 bits per heavy atom. The summed E-state index contributed by atoms with van der Waals surface area (Å²) >= 11 is 0. The fourth-order valence-electron chi connectivity index (χ4n) is 2.97. The third-order valence-corrected chi connectivity index (χ3v) is 6.22. The highest BCUT2D eigenvalue weighted by Gasteiger charge is 2.22. The first-order chi connectivity index (χ1) is 13.9. The van der Waals surface area contributed by atoms with E-state index in [0.717, 1.165) is 10.2 Å². The van der Waals surface area contributed by atoms with Crippen LogP contribution in [0, 0.1) is 11.6 Å². The fraction of sp³-hybridized carbons (Fsp3) is 0.333. The Morgan fingerprint density at radius 2 is 1.86 bits per heavy atom. The zero-order chi connectivity index (χ0) is 21.4. The first-order valence-electron chi connectivity index (χ1n) is 9.30. The van der Waals surface area contributed by atoms with Crippen molar-refractivity contribution >= 4 is 32.0 Å². The molecule has 0 radical (unpaired) electrons. The van der Waals surface area contributed by atoms with Crippen LogP contribution in [0.1, 0.15) is 20.3 Å². The van der Waals surface area contributed by atoms with E-state index in [2.05, 4.69) is 5.32 Å². The lowest BCUT2D eigenvalue weighted by atomic mass is 10.0. The summed E-state index contributed by atoms with van der Waals surface area (Å²) in [5.74, 6) is -2.10. The van der Waals surface area contributed by atoms with Gasteiger partial charge in [-0.3, -0.25) is 9.59 Å². The number of carbonyl (C=O) groups excluding carboxylic acids is 2. The van der Waals surface area contributed by atoms with Crippen molar-refractivity contribution in [1.29, 1.82) is 0 Å². The largest absolute Gasteiger partial charge is 0.356 e. The number of hydrogen-bond donors (Lipinski definition) is 1. The van der Waals surface area contributed by atoms with E-state index in [1.165, 1.54) is 12.1 Å². The van der Waals surface area contributed by atoms with Crippen molar-refractivity contribution in [1.82, 2.24) is 5.32 Å². The lowest BCUT2D eigenvalue weighted by Gasteiger charge is -2.22. The van der Waals surface area contributed by atoms with Gasteiger partial charge in [-0.1, -0.05) is 24.3 Å². The van der Waals surface area contributed by atoms with Crippen molar-refractivity contribution in [2.45, 2.75) is 26.3 Å². The second-order valence-corrected chi connectivity index (χ2v) is 8.20. The van der Waals surface area contributed by atoms with Crippen LogP contribution in [-0.2, 0) is 14.1 Å². The van der Waals surface area contributed by atoms with Crippen molar-refractivity contribution in [3.05, 3.63) is 48.0 Å². The molecule has 2 atom stereocenters. The van der Waals surface area contributed by atoms with Gasteiger partial charge in [-0.05, 0) is 44.6 Å². The molecule has 0 heterocycles. The number of anilines is 1. The Balaban J connectivity index is 2.37. The smallest absolute Gasteiger partial charge is 0.214 e. The Kier molecular flexibility index (Phi) is 8.68. The molecule has 0 bridgehead atoms. The van der Waals surface area contributed by atoms with Crippen molar-refractivity contribution in [2.75, 3.05) is 24.7 Å². The number of carbonyl (C=O) groups is 2. The van der Waals surface area contributed by atoms with Gasteiger partial charge in [0.2, 0.25) is 12.8 Å². The van der Waals surface area contributed by atoms with Crippen molar-refractivity contribution in [3.8, 4) is 11.1 Å². The molecular weight excluding hydrogens is 397 g/mol. The number of rotatable bonds is 11. The summed E-state index contributed by atoms with van der Waals surface area (Å²) in [4.78, 5) is 23.0. The molecule has 2 aromatic carbocycles. The van der Waals surface area contributed by atoms with E-state index in [4.69, 9.17) is 4.52 Å². The summed E-state index contributed by atoms with van der Waals surface area (Å²) in [5.41, 5.74) is 0.553. The van der Waals surface area contributed by atoms with Crippen LogP contribution in [0.4, 0.5) is 14.5 Å². The fourth-order valence-corrected chi connectivity index (χ4v) is 4.33. The van der Waals surface area contributed by atoms with E-state index in [9.17, 15) is 18.4 Å². The Morgan fingerprint density at radius 3 is 2.52 bits per heavy atom. The SMILES string of the molecule is CCOP(C)c1ccccc1-c1ccc(N(C=O)CCC(C)NC=O)c(F)c1F. The first-order valence-corrected chi connectivity index (χ1v) is 11.0. The molecule has 0 aliphatic rings. The zero-order valence-electron chi connectivity index (χ0n) is 16.7. The van der Waals surface area contributed by atoms with Crippen LogP contribution in [-0.4, -0.2) is 38.7 Å². The maximum Gasteiger partial charge on any atom is 0.214 e. The molecule has 8 heteroatoms. The topological polar surface area (TPSA) is 58.6 Å². The molecule has 2 aromatic rings. The van der Waals surface area contributed by atoms with E-state index < -0.39 is 19.8 Å². The standard InChI is InChI=1S/C21H25F2N2O3P/c1-4-28-29(3)19-8-6-5-7-16(19)17-9-10-18(21(23)20(17)22)25(14-27)12-11-15(2)24-13-26/h5-10,13-15H,4,11-12H2,1-3H3,(H,24,26). The maximum absolute atomic E-state index is 15.0. The number of hydrogen-bond acceptors (Lipinski definition) is 3. The number of nitrogens with zero attached hydrogens (tertiary/aromatic N) is 1. The Bertz CT molecular complexity index is 851. The normalized spacial score (nSPS) is 12.9. The zero-order valence-corrected chi connectivity index (χ0v) is 17.6. The van der Waals surface area contributed by atoms with E-state index in [0.29, 0.717) is 31.4 Å². The Hall–Kier alpha value is -2.37. The monoisotopic (exact) mass is 422 g/mol. The third-order valence-electron chi connectivity index (χ3n) is 4.51. The predicted octanol–water partition coefficient (Wildman–Crippen LogP) is 3.81. The van der Waals surface area contributed by atoms with E-state index in [1.54, 1.807) is 19.1 Å². The van der Waals surface area contributed by atoms with Gasteiger partial charge >= 0.3 is 0 Å². The molecule has 0 saturated heterocycles. The van der Waals surface area contributed by atoms with Crippen molar-refractivity contribution in [2.24, 2.45) is 0 Å². The number of halogens is 2. The van der Waals surface area contributed by atoms with Crippen LogP contribution in [0.5, 0.6) is 0 Å². The van der Waals surface area contributed by atoms with Gasteiger partial charge in [0.15, 0.2) is 11.6 Å². The number of nitrogens with one attached hydrogen (secondary N) is 1. The minimum absolute atomic E-state index is 0.123. The summed E-state index contributed by atoms with van der Waals surface area (Å²) in [6.07, 6.45) is 1.42. The highest BCUT2D eigenvalue weighted by Crippen LogP contribution is 2.37. The van der Waals surface area contributed by atoms with Crippen molar-refractivity contribution < 1.29 is 22.9 Å². The molecule has 5 nitrogen and oxygen atoms in total. The lowest BCUT2D eigenvalue weighted by Crippen LogP contribution is -2.31. The Labute approximate surface area is 170 Å². The lowest BCUT2D eigenvalue weighted by molar-refractivity contribution is -0.110. The second-order valence-electron chi connectivity index (χ2n) is 6.47. The molecular formula is C21H25F2N2O3P. The molecule has 2 rings (SSSR count). The molecule has 0 aliphatic carbocycles. The van der Waals surface area contributed by atoms with Gasteiger partial charge in [0.05, 0.1) is 13.8 Å². The molecule has 2 unspecified atom stereocenters. The third kappa shape index (κ3) is 5.58. The molecule has 0 aromatic heterocycles. The molecule has 0 aliphatic heterocycles. The summed E-state index contributed by atoms with van der Waals surface area (Å²) in [5, 5.41) is 3.38. The van der Waals surface area contributed by atoms with Gasteiger partial charge in [-0.2, -0.15) is 0 Å². The van der Waals surface area contributed by atoms with Crippen LogP contribution < -0.4 is 15.5 Å². The van der Waals surface area contributed by atoms with Gasteiger partial charge in [0.1, 0.15) is 0 Å². The number of benzene rings is 2. The van der Waals surface area contributed by atoms with Crippen LogP contribution in [0.25, 0.3) is 11.1 Å². The minimum Gasteiger partial charge on any atom is -0.356 e. The summed E-state index contributed by atoms with van der Waals surface area (Å²) in [6, 6.07) is 9.85. The molecule has 29 heavy (non-hydrogen) atoms.